The number of para-hydroxylation sites is 2. The van der Waals surface area contributed by atoms with Gasteiger partial charge in [-0.1, -0.05) is 48.2 Å². The predicted molar refractivity (Wildman–Crippen MR) is 128 cm³/mol. The van der Waals surface area contributed by atoms with Gasteiger partial charge in [0.05, 0.1) is 17.9 Å². The average Bonchev–Trinajstić information content (AvgIpc) is 3.41. The molecule has 1 N–H and O–H groups in total. The lowest BCUT2D eigenvalue weighted by atomic mass is 10.1. The van der Waals surface area contributed by atoms with Crippen LogP contribution in [-0.4, -0.2) is 33.9 Å². The highest BCUT2D eigenvalue weighted by Gasteiger charge is 2.39. The number of hydrogen-bond donors (Lipinski definition) is 1. The monoisotopic (exact) mass is 477 g/mol. The van der Waals surface area contributed by atoms with Crippen molar-refractivity contribution in [1.82, 2.24) is 4.90 Å². The molecule has 9 heteroatoms. The van der Waals surface area contributed by atoms with Crippen LogP contribution < -0.4 is 14.8 Å². The molecule has 2 aliphatic rings. The van der Waals surface area contributed by atoms with E-state index in [1.165, 1.54) is 23.9 Å². The van der Waals surface area contributed by atoms with Crippen LogP contribution in [-0.2, 0) is 16.1 Å². The second-order valence-electron chi connectivity index (χ2n) is 7.68. The van der Waals surface area contributed by atoms with Crippen molar-refractivity contribution < 1.29 is 23.5 Å². The molecule has 0 radical (unpaired) electrons. The van der Waals surface area contributed by atoms with Crippen molar-refractivity contribution in [3.8, 4) is 11.5 Å². The quantitative estimate of drug-likeness (QED) is 0.556. The molecule has 1 fully saturated rings. The molecule has 34 heavy (non-hydrogen) atoms. The molecule has 1 atom stereocenters. The SMILES string of the molecule is O=C(C[C@@H]1SC(=Nc2ccccc2)N(Cc2ccc3c(c2)OCO3)C1=O)Nc1ccccc1F. The van der Waals surface area contributed by atoms with Crippen LogP contribution in [0, 0.1) is 5.82 Å². The summed E-state index contributed by atoms with van der Waals surface area (Å²) in [6, 6.07) is 20.7. The molecular weight excluding hydrogens is 457 g/mol. The van der Waals surface area contributed by atoms with Gasteiger partial charge in [0.1, 0.15) is 11.1 Å². The Morgan fingerprint density at radius 3 is 2.65 bits per heavy atom. The number of aliphatic imine (C=N–C) groups is 1. The molecule has 172 valence electrons. The molecule has 2 aliphatic heterocycles. The Bertz CT molecular complexity index is 1270. The van der Waals surface area contributed by atoms with E-state index >= 15 is 0 Å². The summed E-state index contributed by atoms with van der Waals surface area (Å²) in [6.45, 7) is 0.427. The number of fused-ring (bicyclic) bond motifs is 1. The van der Waals surface area contributed by atoms with Gasteiger partial charge in [-0.15, -0.1) is 0 Å². The summed E-state index contributed by atoms with van der Waals surface area (Å²) in [5.74, 6) is 0.0730. The van der Waals surface area contributed by atoms with Crippen molar-refractivity contribution in [3.63, 3.8) is 0 Å². The number of benzene rings is 3. The molecule has 0 bridgehead atoms. The lowest BCUT2D eigenvalue weighted by Gasteiger charge is -2.17. The number of carbonyl (C=O) groups is 2. The van der Waals surface area contributed by atoms with Gasteiger partial charge in [-0.2, -0.15) is 0 Å². The number of nitrogens with one attached hydrogen (secondary N) is 1. The highest BCUT2D eigenvalue weighted by atomic mass is 32.2. The molecule has 0 aliphatic carbocycles. The molecule has 5 rings (SSSR count). The lowest BCUT2D eigenvalue weighted by Crippen LogP contribution is -2.33. The van der Waals surface area contributed by atoms with E-state index in [4.69, 9.17) is 9.47 Å². The van der Waals surface area contributed by atoms with Crippen LogP contribution in [0.4, 0.5) is 15.8 Å². The number of ether oxygens (including phenoxy) is 2. The van der Waals surface area contributed by atoms with Crippen molar-refractivity contribution >= 4 is 40.1 Å². The van der Waals surface area contributed by atoms with E-state index in [0.717, 1.165) is 5.56 Å². The molecule has 7 nitrogen and oxygen atoms in total. The van der Waals surface area contributed by atoms with Gasteiger partial charge < -0.3 is 14.8 Å². The smallest absolute Gasteiger partial charge is 0.242 e. The summed E-state index contributed by atoms with van der Waals surface area (Å²) in [4.78, 5) is 32.1. The van der Waals surface area contributed by atoms with E-state index < -0.39 is 17.0 Å². The number of anilines is 1. The molecule has 2 amide bonds. The maximum absolute atomic E-state index is 13.9. The van der Waals surface area contributed by atoms with Crippen molar-refractivity contribution in [1.29, 1.82) is 0 Å². The van der Waals surface area contributed by atoms with Crippen molar-refractivity contribution in [3.05, 3.63) is 84.2 Å². The van der Waals surface area contributed by atoms with E-state index in [9.17, 15) is 14.0 Å². The summed E-state index contributed by atoms with van der Waals surface area (Å²) in [7, 11) is 0. The summed E-state index contributed by atoms with van der Waals surface area (Å²) < 4.78 is 24.7. The zero-order valence-electron chi connectivity index (χ0n) is 17.9. The van der Waals surface area contributed by atoms with Crippen LogP contribution in [0.3, 0.4) is 0 Å². The fourth-order valence-electron chi connectivity index (χ4n) is 3.64. The number of nitrogens with zero attached hydrogens (tertiary/aromatic N) is 2. The highest BCUT2D eigenvalue weighted by Crippen LogP contribution is 2.36. The maximum atomic E-state index is 13.9. The van der Waals surface area contributed by atoms with Gasteiger partial charge in [-0.25, -0.2) is 9.38 Å². The number of amidine groups is 1. The molecule has 3 aromatic carbocycles. The maximum Gasteiger partial charge on any atom is 0.242 e. The first-order valence-electron chi connectivity index (χ1n) is 10.6. The Hall–Kier alpha value is -3.85. The molecule has 0 spiro atoms. The van der Waals surface area contributed by atoms with Gasteiger partial charge in [0.15, 0.2) is 16.7 Å². The van der Waals surface area contributed by atoms with Gasteiger partial charge in [0, 0.05) is 6.42 Å². The standard InChI is InChI=1S/C25H20FN3O4S/c26-18-8-4-5-9-19(18)28-23(30)13-22-24(31)29(25(34-22)27-17-6-2-1-3-7-17)14-16-10-11-20-21(12-16)33-15-32-20/h1-12,22H,13-15H2,(H,28,30)/t22-/m0/s1. The first-order chi connectivity index (χ1) is 16.6. The Kier molecular flexibility index (Phi) is 6.18. The molecule has 0 aromatic heterocycles. The van der Waals surface area contributed by atoms with Gasteiger partial charge in [-0.05, 0) is 42.0 Å². The minimum atomic E-state index is -0.678. The first-order valence-corrected chi connectivity index (χ1v) is 11.5. The Morgan fingerprint density at radius 1 is 1.06 bits per heavy atom. The number of amides is 2. The van der Waals surface area contributed by atoms with Gasteiger partial charge in [-0.3, -0.25) is 14.5 Å². The zero-order chi connectivity index (χ0) is 23.5. The molecule has 3 aromatic rings. The van der Waals surface area contributed by atoms with E-state index in [1.54, 1.807) is 23.1 Å². The van der Waals surface area contributed by atoms with Crippen LogP contribution in [0.5, 0.6) is 11.5 Å². The minimum absolute atomic E-state index is 0.0818. The molecule has 0 unspecified atom stereocenters. The van der Waals surface area contributed by atoms with Crippen molar-refractivity contribution in [2.45, 2.75) is 18.2 Å². The van der Waals surface area contributed by atoms with Crippen LogP contribution in [0.15, 0.2) is 77.8 Å². The third kappa shape index (κ3) is 4.74. The van der Waals surface area contributed by atoms with E-state index in [-0.39, 0.29) is 31.4 Å². The third-order valence-electron chi connectivity index (χ3n) is 5.30. The van der Waals surface area contributed by atoms with Gasteiger partial charge in [0.25, 0.3) is 0 Å². The lowest BCUT2D eigenvalue weighted by molar-refractivity contribution is -0.128. The van der Waals surface area contributed by atoms with Gasteiger partial charge >= 0.3 is 0 Å². The first kappa shape index (κ1) is 22.0. The minimum Gasteiger partial charge on any atom is -0.454 e. The number of carbonyl (C=O) groups excluding carboxylic acids is 2. The third-order valence-corrected chi connectivity index (χ3v) is 6.47. The number of rotatable bonds is 6. The van der Waals surface area contributed by atoms with E-state index in [2.05, 4.69) is 10.3 Å². The molecule has 2 heterocycles. The van der Waals surface area contributed by atoms with Crippen molar-refractivity contribution in [2.75, 3.05) is 12.1 Å². The van der Waals surface area contributed by atoms with E-state index in [0.29, 0.717) is 22.4 Å². The Balaban J connectivity index is 1.37. The molecular formula is C25H20FN3O4S. The van der Waals surface area contributed by atoms with Gasteiger partial charge in [0.2, 0.25) is 18.6 Å². The van der Waals surface area contributed by atoms with Crippen LogP contribution in [0.2, 0.25) is 0 Å². The topological polar surface area (TPSA) is 80.2 Å². The van der Waals surface area contributed by atoms with Crippen LogP contribution in [0.25, 0.3) is 0 Å². The Morgan fingerprint density at radius 2 is 1.82 bits per heavy atom. The molecule has 0 saturated carbocycles. The van der Waals surface area contributed by atoms with Crippen LogP contribution in [0.1, 0.15) is 12.0 Å². The van der Waals surface area contributed by atoms with E-state index in [1.807, 2.05) is 42.5 Å². The summed E-state index contributed by atoms with van der Waals surface area (Å²) in [6.07, 6.45) is -0.108. The normalized spacial score (nSPS) is 17.9. The fourth-order valence-corrected chi connectivity index (χ4v) is 4.79. The zero-order valence-corrected chi connectivity index (χ0v) is 18.8. The second-order valence-corrected chi connectivity index (χ2v) is 8.85. The number of halogens is 1. The van der Waals surface area contributed by atoms with Crippen molar-refractivity contribution in [2.24, 2.45) is 4.99 Å². The average molecular weight is 478 g/mol. The summed E-state index contributed by atoms with van der Waals surface area (Å²) >= 11 is 1.23. The predicted octanol–water partition coefficient (Wildman–Crippen LogP) is 4.71. The molecule has 1 saturated heterocycles. The fraction of sp³-hybridized carbons (Fsp3) is 0.160. The largest absolute Gasteiger partial charge is 0.454 e. The number of thioether (sulfide) groups is 1. The van der Waals surface area contributed by atoms with Crippen LogP contribution >= 0.6 is 11.8 Å². The second kappa shape index (κ2) is 9.56. The summed E-state index contributed by atoms with van der Waals surface area (Å²) in [5, 5.41) is 2.37. The number of hydrogen-bond acceptors (Lipinski definition) is 6. The highest BCUT2D eigenvalue weighted by molar-refractivity contribution is 8.15. The summed E-state index contributed by atoms with van der Waals surface area (Å²) in [5.41, 5.74) is 1.62. The Labute approximate surface area is 199 Å².